The molecule has 1 aromatic heterocycles. The molecule has 1 heterocycles. The van der Waals surface area contributed by atoms with Crippen molar-refractivity contribution in [3.63, 3.8) is 0 Å². The topological polar surface area (TPSA) is 54.2 Å². The van der Waals surface area contributed by atoms with E-state index in [9.17, 15) is 0 Å². The third-order valence-electron chi connectivity index (χ3n) is 4.37. The Morgan fingerprint density at radius 1 is 1.07 bits per heavy atom. The molecule has 0 saturated heterocycles. The molecule has 2 aromatic carbocycles. The number of hydrogen-bond donors (Lipinski definition) is 2. The largest absolute Gasteiger partial charge is 0.352 e. The summed E-state index contributed by atoms with van der Waals surface area (Å²) < 4.78 is 2.07. The van der Waals surface area contributed by atoms with Crippen LogP contribution < -0.4 is 10.6 Å². The van der Waals surface area contributed by atoms with Gasteiger partial charge >= 0.3 is 0 Å². The molecular formula is C23H29N5. The van der Waals surface area contributed by atoms with Crippen molar-refractivity contribution in [2.24, 2.45) is 4.99 Å². The standard InChI is InChI=1S/C23H29N5/c1-23(2,3)27-22(24-4)26-15-20-7-5-6-8-21(20)19-11-9-18(10-12-19)16-28-14-13-25-17-28/h5-14,17H,15-16H2,1-4H3,(H2,24,26,27). The Morgan fingerprint density at radius 3 is 2.46 bits per heavy atom. The lowest BCUT2D eigenvalue weighted by Crippen LogP contribution is -2.47. The Kier molecular flexibility index (Phi) is 6.14. The minimum absolute atomic E-state index is 0.0353. The summed E-state index contributed by atoms with van der Waals surface area (Å²) in [5.74, 6) is 0.804. The van der Waals surface area contributed by atoms with Gasteiger partial charge in [0.1, 0.15) is 0 Å². The summed E-state index contributed by atoms with van der Waals surface area (Å²) in [6.45, 7) is 7.92. The van der Waals surface area contributed by atoms with Gasteiger partial charge in [-0.3, -0.25) is 4.99 Å². The maximum Gasteiger partial charge on any atom is 0.191 e. The van der Waals surface area contributed by atoms with Gasteiger partial charge in [-0.2, -0.15) is 0 Å². The van der Waals surface area contributed by atoms with Crippen molar-refractivity contribution in [2.75, 3.05) is 7.05 Å². The third-order valence-corrected chi connectivity index (χ3v) is 4.37. The molecule has 0 aliphatic carbocycles. The monoisotopic (exact) mass is 375 g/mol. The van der Waals surface area contributed by atoms with Crippen LogP contribution in [0.15, 0.2) is 72.2 Å². The van der Waals surface area contributed by atoms with E-state index >= 15 is 0 Å². The highest BCUT2D eigenvalue weighted by molar-refractivity contribution is 5.80. The average Bonchev–Trinajstić information content (AvgIpc) is 3.18. The van der Waals surface area contributed by atoms with Crippen molar-refractivity contribution in [3.05, 3.63) is 78.4 Å². The van der Waals surface area contributed by atoms with E-state index in [-0.39, 0.29) is 5.54 Å². The first-order valence-corrected chi connectivity index (χ1v) is 9.56. The van der Waals surface area contributed by atoms with Crippen molar-refractivity contribution in [3.8, 4) is 11.1 Å². The first-order chi connectivity index (χ1) is 13.4. The first kappa shape index (κ1) is 19.7. The number of aliphatic imine (C=N–C) groups is 1. The lowest BCUT2D eigenvalue weighted by molar-refractivity contribution is 0.501. The molecule has 0 unspecified atom stereocenters. The van der Waals surface area contributed by atoms with Crippen LogP contribution >= 0.6 is 0 Å². The van der Waals surface area contributed by atoms with Gasteiger partial charge in [-0.25, -0.2) is 4.98 Å². The van der Waals surface area contributed by atoms with Crippen LogP contribution in [0, 0.1) is 0 Å². The van der Waals surface area contributed by atoms with E-state index in [1.165, 1.54) is 22.3 Å². The van der Waals surface area contributed by atoms with E-state index in [1.807, 2.05) is 12.5 Å². The van der Waals surface area contributed by atoms with Crippen LogP contribution in [0.25, 0.3) is 11.1 Å². The number of guanidine groups is 1. The lowest BCUT2D eigenvalue weighted by Gasteiger charge is -2.24. The zero-order valence-electron chi connectivity index (χ0n) is 17.1. The SMILES string of the molecule is CN=C(NCc1ccccc1-c1ccc(Cn2ccnc2)cc1)NC(C)(C)C. The predicted octanol–water partition coefficient (Wildman–Crippen LogP) is 4.06. The molecule has 3 aromatic rings. The number of nitrogens with zero attached hydrogens (tertiary/aromatic N) is 3. The summed E-state index contributed by atoms with van der Waals surface area (Å²) >= 11 is 0. The second-order valence-electron chi connectivity index (χ2n) is 7.89. The number of aromatic nitrogens is 2. The van der Waals surface area contributed by atoms with Gasteiger partial charge in [-0.15, -0.1) is 0 Å². The van der Waals surface area contributed by atoms with Crippen molar-refractivity contribution in [1.29, 1.82) is 0 Å². The molecule has 0 fully saturated rings. The molecule has 2 N–H and O–H groups in total. The second-order valence-corrected chi connectivity index (χ2v) is 7.89. The van der Waals surface area contributed by atoms with Crippen LogP contribution in [0.3, 0.4) is 0 Å². The Bertz CT molecular complexity index is 903. The molecule has 0 spiro atoms. The minimum atomic E-state index is -0.0353. The Labute approximate surface area is 167 Å². The van der Waals surface area contributed by atoms with E-state index in [2.05, 4.69) is 94.5 Å². The van der Waals surface area contributed by atoms with E-state index in [1.54, 1.807) is 13.2 Å². The summed E-state index contributed by atoms with van der Waals surface area (Å²) in [4.78, 5) is 8.42. The Balaban J connectivity index is 1.73. The van der Waals surface area contributed by atoms with Crippen LogP contribution in [0.2, 0.25) is 0 Å². The number of imidazole rings is 1. The molecule has 0 aliphatic heterocycles. The van der Waals surface area contributed by atoms with Gasteiger partial charge in [-0.05, 0) is 43.0 Å². The van der Waals surface area contributed by atoms with Gasteiger partial charge in [0.15, 0.2) is 5.96 Å². The summed E-state index contributed by atoms with van der Waals surface area (Å²) in [5.41, 5.74) is 4.90. The fourth-order valence-corrected chi connectivity index (χ4v) is 3.05. The Morgan fingerprint density at radius 2 is 1.82 bits per heavy atom. The summed E-state index contributed by atoms with van der Waals surface area (Å²) in [6.07, 6.45) is 5.63. The van der Waals surface area contributed by atoms with E-state index < -0.39 is 0 Å². The maximum atomic E-state index is 4.32. The van der Waals surface area contributed by atoms with Crippen LogP contribution in [0.1, 0.15) is 31.9 Å². The number of nitrogens with one attached hydrogen (secondary N) is 2. The highest BCUT2D eigenvalue weighted by Gasteiger charge is 2.12. The summed E-state index contributed by atoms with van der Waals surface area (Å²) in [6, 6.07) is 17.2. The van der Waals surface area contributed by atoms with E-state index in [0.29, 0.717) is 6.54 Å². The third kappa shape index (κ3) is 5.46. The fraction of sp³-hybridized carbons (Fsp3) is 0.304. The number of benzene rings is 2. The molecule has 0 saturated carbocycles. The van der Waals surface area contributed by atoms with Gasteiger partial charge in [0.25, 0.3) is 0 Å². The number of hydrogen-bond acceptors (Lipinski definition) is 2. The molecule has 28 heavy (non-hydrogen) atoms. The molecule has 0 aliphatic rings. The molecule has 0 atom stereocenters. The maximum absolute atomic E-state index is 4.32. The lowest BCUT2D eigenvalue weighted by atomic mass is 9.98. The molecular weight excluding hydrogens is 346 g/mol. The van der Waals surface area contributed by atoms with Gasteiger partial charge in [0.2, 0.25) is 0 Å². The highest BCUT2D eigenvalue weighted by atomic mass is 15.2. The minimum Gasteiger partial charge on any atom is -0.352 e. The summed E-state index contributed by atoms with van der Waals surface area (Å²) in [7, 11) is 1.80. The van der Waals surface area contributed by atoms with Crippen molar-refractivity contribution in [1.82, 2.24) is 20.2 Å². The normalized spacial score (nSPS) is 12.1. The zero-order valence-corrected chi connectivity index (χ0v) is 17.1. The van der Waals surface area contributed by atoms with Gasteiger partial charge in [0, 0.05) is 38.1 Å². The first-order valence-electron chi connectivity index (χ1n) is 9.56. The van der Waals surface area contributed by atoms with E-state index in [0.717, 1.165) is 12.5 Å². The molecule has 3 rings (SSSR count). The van der Waals surface area contributed by atoms with Crippen LogP contribution in [0.5, 0.6) is 0 Å². The van der Waals surface area contributed by atoms with Crippen LogP contribution in [0.4, 0.5) is 0 Å². The molecule has 5 heteroatoms. The van der Waals surface area contributed by atoms with Crippen LogP contribution in [-0.2, 0) is 13.1 Å². The van der Waals surface area contributed by atoms with Gasteiger partial charge in [-0.1, -0.05) is 48.5 Å². The van der Waals surface area contributed by atoms with Crippen molar-refractivity contribution >= 4 is 5.96 Å². The number of rotatable bonds is 5. The van der Waals surface area contributed by atoms with Gasteiger partial charge in [0.05, 0.1) is 6.33 Å². The molecule has 5 nitrogen and oxygen atoms in total. The van der Waals surface area contributed by atoms with Crippen molar-refractivity contribution in [2.45, 2.75) is 39.4 Å². The second kappa shape index (κ2) is 8.74. The predicted molar refractivity (Wildman–Crippen MR) is 116 cm³/mol. The smallest absolute Gasteiger partial charge is 0.191 e. The van der Waals surface area contributed by atoms with E-state index in [4.69, 9.17) is 0 Å². The molecule has 146 valence electrons. The fourth-order valence-electron chi connectivity index (χ4n) is 3.05. The highest BCUT2D eigenvalue weighted by Crippen LogP contribution is 2.24. The molecule has 0 radical (unpaired) electrons. The molecule has 0 amide bonds. The van der Waals surface area contributed by atoms with Gasteiger partial charge < -0.3 is 15.2 Å². The summed E-state index contributed by atoms with van der Waals surface area (Å²) in [5, 5.41) is 6.82. The average molecular weight is 376 g/mol. The quantitative estimate of drug-likeness (QED) is 0.522. The van der Waals surface area contributed by atoms with Crippen molar-refractivity contribution < 1.29 is 0 Å². The zero-order chi connectivity index (χ0) is 20.0. The molecule has 0 bridgehead atoms. The van der Waals surface area contributed by atoms with Crippen LogP contribution in [-0.4, -0.2) is 28.1 Å². The Hall–Kier alpha value is -3.08.